The van der Waals surface area contributed by atoms with E-state index in [1.807, 2.05) is 18.2 Å². The number of fused-ring (bicyclic) bond motifs is 1. The molecule has 12 heavy (non-hydrogen) atoms. The van der Waals surface area contributed by atoms with Crippen molar-refractivity contribution in [2.45, 2.75) is 0 Å². The van der Waals surface area contributed by atoms with Crippen LogP contribution in [0, 0.1) is 11.3 Å². The summed E-state index contributed by atoms with van der Waals surface area (Å²) >= 11 is 0. The third-order valence-corrected chi connectivity index (χ3v) is 1.46. The minimum Gasteiger partial charge on any atom is -0.216 e. The molecule has 56 valence electrons. The molecule has 0 saturated heterocycles. The summed E-state index contributed by atoms with van der Waals surface area (Å²) in [6.45, 7) is 0. The van der Waals surface area contributed by atoms with Crippen LogP contribution in [0.25, 0.3) is 11.0 Å². The molecule has 0 radical (unpaired) electrons. The molecule has 0 aliphatic heterocycles. The van der Waals surface area contributed by atoms with Gasteiger partial charge in [-0.15, -0.1) is 10.2 Å². The average molecular weight is 156 g/mol. The topological polar surface area (TPSA) is 62.5 Å². The molecule has 0 N–H and O–H groups in total. The van der Waals surface area contributed by atoms with E-state index in [1.54, 1.807) is 12.1 Å². The fourth-order valence-corrected chi connectivity index (χ4v) is 0.928. The van der Waals surface area contributed by atoms with E-state index in [-0.39, 0.29) is 5.82 Å². The first kappa shape index (κ1) is 6.68. The van der Waals surface area contributed by atoms with Crippen LogP contribution in [0.15, 0.2) is 24.3 Å². The number of benzene rings is 1. The van der Waals surface area contributed by atoms with Gasteiger partial charge in [0.05, 0.1) is 5.52 Å². The van der Waals surface area contributed by atoms with Gasteiger partial charge in [0.2, 0.25) is 0 Å². The Morgan fingerprint density at radius 2 is 1.83 bits per heavy atom. The highest BCUT2D eigenvalue weighted by Gasteiger charge is 1.97. The van der Waals surface area contributed by atoms with Gasteiger partial charge in [-0.2, -0.15) is 5.26 Å². The fraction of sp³-hybridized carbons (Fsp3) is 0. The minimum atomic E-state index is 0.105. The van der Waals surface area contributed by atoms with Crippen molar-refractivity contribution >= 4 is 11.0 Å². The second-order valence-electron chi connectivity index (χ2n) is 2.24. The molecule has 4 heteroatoms. The second kappa shape index (κ2) is 2.55. The Bertz CT molecular complexity index is 458. The first-order chi connectivity index (χ1) is 5.90. The van der Waals surface area contributed by atoms with Gasteiger partial charge in [-0.25, -0.2) is 4.98 Å². The molecule has 2 aromatic rings. The number of rotatable bonds is 0. The Morgan fingerprint density at radius 3 is 2.58 bits per heavy atom. The average Bonchev–Trinajstić information content (AvgIpc) is 2.17. The van der Waals surface area contributed by atoms with Crippen molar-refractivity contribution in [1.82, 2.24) is 15.2 Å². The summed E-state index contributed by atoms with van der Waals surface area (Å²) in [5.41, 5.74) is 1.40. The van der Waals surface area contributed by atoms with Gasteiger partial charge in [0, 0.05) is 0 Å². The zero-order valence-corrected chi connectivity index (χ0v) is 6.10. The molecule has 0 amide bonds. The van der Waals surface area contributed by atoms with Gasteiger partial charge in [-0.3, -0.25) is 0 Å². The van der Waals surface area contributed by atoms with Gasteiger partial charge in [0.1, 0.15) is 11.6 Å². The lowest BCUT2D eigenvalue weighted by Crippen LogP contribution is -1.92. The normalized spacial score (nSPS) is 9.58. The lowest BCUT2D eigenvalue weighted by atomic mass is 10.3. The highest BCUT2D eigenvalue weighted by molar-refractivity contribution is 5.73. The van der Waals surface area contributed by atoms with Gasteiger partial charge >= 0.3 is 0 Å². The first-order valence-corrected chi connectivity index (χ1v) is 3.40. The number of hydrogen-bond donors (Lipinski definition) is 0. The SMILES string of the molecule is N#Cc1nnc2ccccc2n1. The van der Waals surface area contributed by atoms with E-state index in [1.165, 1.54) is 0 Å². The fourth-order valence-electron chi connectivity index (χ4n) is 0.928. The standard InChI is InChI=1S/C8H4N4/c9-5-8-10-6-3-1-2-4-7(6)11-12-8/h1-4H. The van der Waals surface area contributed by atoms with Gasteiger partial charge in [-0.05, 0) is 12.1 Å². The number of nitriles is 1. The molecule has 0 saturated carbocycles. The van der Waals surface area contributed by atoms with Crippen LogP contribution in [0.1, 0.15) is 5.82 Å². The number of para-hydroxylation sites is 1. The maximum absolute atomic E-state index is 8.48. The Hall–Kier alpha value is -2.02. The number of aromatic nitrogens is 3. The van der Waals surface area contributed by atoms with E-state index in [0.29, 0.717) is 11.0 Å². The van der Waals surface area contributed by atoms with Crippen LogP contribution in [0.3, 0.4) is 0 Å². The highest BCUT2D eigenvalue weighted by atomic mass is 15.1. The molecule has 0 unspecified atom stereocenters. The quantitative estimate of drug-likeness (QED) is 0.568. The molecule has 1 aromatic carbocycles. The number of nitrogens with zero attached hydrogens (tertiary/aromatic N) is 4. The molecule has 0 aliphatic rings. The van der Waals surface area contributed by atoms with E-state index >= 15 is 0 Å². The zero-order chi connectivity index (χ0) is 8.39. The van der Waals surface area contributed by atoms with E-state index < -0.39 is 0 Å². The molecular formula is C8H4N4. The number of hydrogen-bond acceptors (Lipinski definition) is 4. The van der Waals surface area contributed by atoms with Crippen LogP contribution < -0.4 is 0 Å². The van der Waals surface area contributed by atoms with Crippen molar-refractivity contribution in [3.8, 4) is 6.07 Å². The first-order valence-electron chi connectivity index (χ1n) is 3.40. The molecule has 1 aromatic heterocycles. The van der Waals surface area contributed by atoms with Crippen LogP contribution in [0.4, 0.5) is 0 Å². The second-order valence-corrected chi connectivity index (χ2v) is 2.24. The smallest absolute Gasteiger partial charge is 0.216 e. The lowest BCUT2D eigenvalue weighted by molar-refractivity contribution is 0.991. The van der Waals surface area contributed by atoms with E-state index in [9.17, 15) is 0 Å². The molecule has 0 spiro atoms. The van der Waals surface area contributed by atoms with E-state index in [0.717, 1.165) is 0 Å². The Balaban J connectivity index is 2.78. The molecule has 0 atom stereocenters. The van der Waals surface area contributed by atoms with Crippen molar-refractivity contribution in [2.24, 2.45) is 0 Å². The lowest BCUT2D eigenvalue weighted by Gasteiger charge is -1.92. The summed E-state index contributed by atoms with van der Waals surface area (Å²) in [4.78, 5) is 3.96. The Kier molecular flexibility index (Phi) is 1.42. The maximum atomic E-state index is 8.48. The van der Waals surface area contributed by atoms with Crippen molar-refractivity contribution in [3.63, 3.8) is 0 Å². The summed E-state index contributed by atoms with van der Waals surface area (Å²) in [7, 11) is 0. The largest absolute Gasteiger partial charge is 0.253 e. The third kappa shape index (κ3) is 0.974. The zero-order valence-electron chi connectivity index (χ0n) is 6.10. The van der Waals surface area contributed by atoms with Crippen molar-refractivity contribution in [3.05, 3.63) is 30.1 Å². The van der Waals surface area contributed by atoms with Gasteiger partial charge in [0.25, 0.3) is 5.82 Å². The Morgan fingerprint density at radius 1 is 1.08 bits per heavy atom. The highest BCUT2D eigenvalue weighted by Crippen LogP contribution is 2.05. The van der Waals surface area contributed by atoms with Gasteiger partial charge in [-0.1, -0.05) is 12.1 Å². The maximum Gasteiger partial charge on any atom is 0.253 e. The van der Waals surface area contributed by atoms with Gasteiger partial charge < -0.3 is 0 Å². The van der Waals surface area contributed by atoms with E-state index in [4.69, 9.17) is 5.26 Å². The van der Waals surface area contributed by atoms with Crippen molar-refractivity contribution in [2.75, 3.05) is 0 Å². The molecule has 0 fully saturated rings. The predicted molar refractivity (Wildman–Crippen MR) is 42.0 cm³/mol. The minimum absolute atomic E-state index is 0.105. The molecular weight excluding hydrogens is 152 g/mol. The van der Waals surface area contributed by atoms with Crippen LogP contribution in [0.2, 0.25) is 0 Å². The molecule has 0 aliphatic carbocycles. The Labute approximate surface area is 68.5 Å². The predicted octanol–water partition coefficient (Wildman–Crippen LogP) is 0.896. The summed E-state index contributed by atoms with van der Waals surface area (Å²) in [5, 5.41) is 15.9. The molecule has 0 bridgehead atoms. The monoisotopic (exact) mass is 156 g/mol. The summed E-state index contributed by atoms with van der Waals surface area (Å²) in [6, 6.07) is 9.13. The van der Waals surface area contributed by atoms with Crippen LogP contribution in [-0.4, -0.2) is 15.2 Å². The van der Waals surface area contributed by atoms with Crippen LogP contribution in [-0.2, 0) is 0 Å². The summed E-state index contributed by atoms with van der Waals surface area (Å²) in [5.74, 6) is 0.105. The van der Waals surface area contributed by atoms with Crippen molar-refractivity contribution in [1.29, 1.82) is 5.26 Å². The molecule has 1 heterocycles. The van der Waals surface area contributed by atoms with Gasteiger partial charge in [0.15, 0.2) is 0 Å². The molecule has 2 rings (SSSR count). The third-order valence-electron chi connectivity index (χ3n) is 1.46. The van der Waals surface area contributed by atoms with E-state index in [2.05, 4.69) is 15.2 Å². The molecule has 4 nitrogen and oxygen atoms in total. The van der Waals surface area contributed by atoms with Crippen LogP contribution in [0.5, 0.6) is 0 Å². The van der Waals surface area contributed by atoms with Crippen molar-refractivity contribution < 1.29 is 0 Å². The summed E-state index contributed by atoms with van der Waals surface area (Å²) in [6.07, 6.45) is 0. The van der Waals surface area contributed by atoms with Crippen LogP contribution >= 0.6 is 0 Å². The summed E-state index contributed by atoms with van der Waals surface area (Å²) < 4.78 is 0.